The SMILES string of the molecule is CSc1cccc(NC(=O)C2Cc3ccccc3C(=O)O2)c1. The van der Waals surface area contributed by atoms with Crippen LogP contribution in [0.5, 0.6) is 0 Å². The maximum Gasteiger partial charge on any atom is 0.339 e. The van der Waals surface area contributed by atoms with Gasteiger partial charge in [-0.05, 0) is 36.1 Å². The van der Waals surface area contributed by atoms with E-state index >= 15 is 0 Å². The van der Waals surface area contributed by atoms with Crippen molar-refractivity contribution in [3.8, 4) is 0 Å². The predicted octanol–water partition coefficient (Wildman–Crippen LogP) is 3.13. The minimum Gasteiger partial charge on any atom is -0.448 e. The number of cyclic esters (lactones) is 1. The first-order valence-electron chi connectivity index (χ1n) is 6.91. The van der Waals surface area contributed by atoms with Gasteiger partial charge in [-0.2, -0.15) is 0 Å². The van der Waals surface area contributed by atoms with Crippen LogP contribution in [0.4, 0.5) is 5.69 Å². The summed E-state index contributed by atoms with van der Waals surface area (Å²) in [7, 11) is 0. The van der Waals surface area contributed by atoms with Crippen molar-refractivity contribution in [1.29, 1.82) is 0 Å². The number of nitrogens with one attached hydrogen (secondary N) is 1. The van der Waals surface area contributed by atoms with Crippen LogP contribution in [-0.2, 0) is 16.0 Å². The monoisotopic (exact) mass is 313 g/mol. The van der Waals surface area contributed by atoms with Gasteiger partial charge in [0, 0.05) is 17.0 Å². The maximum absolute atomic E-state index is 12.3. The van der Waals surface area contributed by atoms with Gasteiger partial charge in [-0.1, -0.05) is 24.3 Å². The van der Waals surface area contributed by atoms with Gasteiger partial charge in [-0.25, -0.2) is 4.79 Å². The van der Waals surface area contributed by atoms with Gasteiger partial charge in [-0.3, -0.25) is 4.79 Å². The molecule has 0 spiro atoms. The molecular formula is C17H15NO3S. The molecule has 2 aromatic rings. The Hall–Kier alpha value is -2.27. The lowest BCUT2D eigenvalue weighted by Gasteiger charge is -2.23. The largest absolute Gasteiger partial charge is 0.448 e. The molecule has 1 unspecified atom stereocenters. The summed E-state index contributed by atoms with van der Waals surface area (Å²) in [6.45, 7) is 0. The first-order valence-corrected chi connectivity index (χ1v) is 8.13. The van der Waals surface area contributed by atoms with Crippen molar-refractivity contribution < 1.29 is 14.3 Å². The Bertz CT molecular complexity index is 729. The molecule has 1 N–H and O–H groups in total. The van der Waals surface area contributed by atoms with Crippen molar-refractivity contribution in [2.45, 2.75) is 17.4 Å². The zero-order valence-electron chi connectivity index (χ0n) is 12.0. The van der Waals surface area contributed by atoms with E-state index in [1.165, 1.54) is 0 Å². The van der Waals surface area contributed by atoms with E-state index in [9.17, 15) is 9.59 Å². The summed E-state index contributed by atoms with van der Waals surface area (Å²) in [5, 5.41) is 2.81. The lowest BCUT2D eigenvalue weighted by molar-refractivity contribution is -0.125. The molecule has 1 atom stereocenters. The molecule has 112 valence electrons. The lowest BCUT2D eigenvalue weighted by Crippen LogP contribution is -2.37. The molecule has 0 bridgehead atoms. The van der Waals surface area contributed by atoms with Crippen LogP contribution in [0.25, 0.3) is 0 Å². The number of carbonyl (C=O) groups is 2. The van der Waals surface area contributed by atoms with E-state index in [0.717, 1.165) is 10.5 Å². The fourth-order valence-electron chi connectivity index (χ4n) is 2.40. The molecule has 0 aromatic heterocycles. The first kappa shape index (κ1) is 14.7. The van der Waals surface area contributed by atoms with Gasteiger partial charge in [0.25, 0.3) is 5.91 Å². The summed E-state index contributed by atoms with van der Waals surface area (Å²) >= 11 is 1.60. The second kappa shape index (κ2) is 6.23. The average Bonchev–Trinajstić information content (AvgIpc) is 2.55. The Morgan fingerprint density at radius 3 is 2.86 bits per heavy atom. The van der Waals surface area contributed by atoms with Crippen LogP contribution in [-0.4, -0.2) is 24.2 Å². The number of rotatable bonds is 3. The molecule has 3 rings (SSSR count). The Labute approximate surface area is 132 Å². The minimum atomic E-state index is -0.791. The summed E-state index contributed by atoms with van der Waals surface area (Å²) in [5.74, 6) is -0.749. The van der Waals surface area contributed by atoms with Crippen molar-refractivity contribution >= 4 is 29.3 Å². The number of fused-ring (bicyclic) bond motifs is 1. The molecule has 0 fully saturated rings. The van der Waals surface area contributed by atoms with Crippen LogP contribution in [0.15, 0.2) is 53.4 Å². The third-order valence-electron chi connectivity index (χ3n) is 3.52. The smallest absolute Gasteiger partial charge is 0.339 e. The Morgan fingerprint density at radius 1 is 1.23 bits per heavy atom. The predicted molar refractivity (Wildman–Crippen MR) is 86.2 cm³/mol. The van der Waals surface area contributed by atoms with Crippen LogP contribution in [0, 0.1) is 0 Å². The van der Waals surface area contributed by atoms with Crippen LogP contribution in [0.2, 0.25) is 0 Å². The van der Waals surface area contributed by atoms with Gasteiger partial charge in [-0.15, -0.1) is 11.8 Å². The molecule has 1 amide bonds. The van der Waals surface area contributed by atoms with Crippen LogP contribution >= 0.6 is 11.8 Å². The van der Waals surface area contributed by atoms with E-state index < -0.39 is 12.1 Å². The number of hydrogen-bond donors (Lipinski definition) is 1. The van der Waals surface area contributed by atoms with E-state index in [1.54, 1.807) is 23.9 Å². The van der Waals surface area contributed by atoms with Gasteiger partial charge in [0.05, 0.1) is 5.56 Å². The summed E-state index contributed by atoms with van der Waals surface area (Å²) in [6, 6.07) is 14.8. The van der Waals surface area contributed by atoms with Crippen molar-refractivity contribution in [1.82, 2.24) is 0 Å². The topological polar surface area (TPSA) is 55.4 Å². The Morgan fingerprint density at radius 2 is 2.05 bits per heavy atom. The molecule has 1 aliphatic heterocycles. The quantitative estimate of drug-likeness (QED) is 0.699. The first-order chi connectivity index (χ1) is 10.7. The average molecular weight is 313 g/mol. The second-order valence-corrected chi connectivity index (χ2v) is 5.86. The highest BCUT2D eigenvalue weighted by molar-refractivity contribution is 7.98. The third kappa shape index (κ3) is 2.99. The van der Waals surface area contributed by atoms with Gasteiger partial charge >= 0.3 is 5.97 Å². The molecule has 0 aliphatic carbocycles. The van der Waals surface area contributed by atoms with Gasteiger partial charge in [0.15, 0.2) is 6.10 Å². The zero-order chi connectivity index (χ0) is 15.5. The van der Waals surface area contributed by atoms with Gasteiger partial charge < -0.3 is 10.1 Å². The van der Waals surface area contributed by atoms with E-state index in [2.05, 4.69) is 5.32 Å². The van der Waals surface area contributed by atoms with Crippen LogP contribution < -0.4 is 5.32 Å². The van der Waals surface area contributed by atoms with Crippen molar-refractivity contribution in [3.05, 3.63) is 59.7 Å². The minimum absolute atomic E-state index is 0.305. The molecule has 2 aromatic carbocycles. The number of carbonyl (C=O) groups excluding carboxylic acids is 2. The third-order valence-corrected chi connectivity index (χ3v) is 4.25. The van der Waals surface area contributed by atoms with Crippen molar-refractivity contribution in [2.24, 2.45) is 0 Å². The number of esters is 1. The fourth-order valence-corrected chi connectivity index (χ4v) is 2.86. The van der Waals surface area contributed by atoms with Crippen molar-refractivity contribution in [2.75, 3.05) is 11.6 Å². The molecule has 0 saturated carbocycles. The van der Waals surface area contributed by atoms with E-state index in [0.29, 0.717) is 17.7 Å². The van der Waals surface area contributed by atoms with Crippen LogP contribution in [0.3, 0.4) is 0 Å². The number of thioether (sulfide) groups is 1. The standard InChI is InChI=1S/C17H15NO3S/c1-22-13-7-4-6-12(10-13)18-16(19)15-9-11-5-2-3-8-14(11)17(20)21-15/h2-8,10,15H,9H2,1H3,(H,18,19). The summed E-state index contributed by atoms with van der Waals surface area (Å²) < 4.78 is 5.25. The van der Waals surface area contributed by atoms with Gasteiger partial charge in [0.2, 0.25) is 0 Å². The fraction of sp³-hybridized carbons (Fsp3) is 0.176. The molecule has 1 aliphatic rings. The summed E-state index contributed by atoms with van der Waals surface area (Å²) in [4.78, 5) is 25.3. The summed E-state index contributed by atoms with van der Waals surface area (Å²) in [6.07, 6.45) is 1.58. The maximum atomic E-state index is 12.3. The van der Waals surface area contributed by atoms with E-state index in [1.807, 2.05) is 42.7 Å². The molecule has 1 heterocycles. The number of hydrogen-bond acceptors (Lipinski definition) is 4. The number of amides is 1. The van der Waals surface area contributed by atoms with Gasteiger partial charge in [0.1, 0.15) is 0 Å². The Balaban J connectivity index is 1.75. The van der Waals surface area contributed by atoms with Crippen LogP contribution in [0.1, 0.15) is 15.9 Å². The molecule has 0 saturated heterocycles. The molecular weight excluding hydrogens is 298 g/mol. The number of anilines is 1. The molecule has 0 radical (unpaired) electrons. The second-order valence-electron chi connectivity index (χ2n) is 4.98. The highest BCUT2D eigenvalue weighted by atomic mass is 32.2. The number of ether oxygens (including phenoxy) is 1. The highest BCUT2D eigenvalue weighted by Crippen LogP contribution is 2.23. The normalized spacial score (nSPS) is 16.6. The zero-order valence-corrected chi connectivity index (χ0v) is 12.9. The molecule has 22 heavy (non-hydrogen) atoms. The van der Waals surface area contributed by atoms with E-state index in [-0.39, 0.29) is 5.91 Å². The van der Waals surface area contributed by atoms with Crippen molar-refractivity contribution in [3.63, 3.8) is 0 Å². The molecule has 4 nitrogen and oxygen atoms in total. The summed E-state index contributed by atoms with van der Waals surface area (Å²) in [5.41, 5.74) is 2.08. The van der Waals surface area contributed by atoms with E-state index in [4.69, 9.17) is 4.74 Å². The highest BCUT2D eigenvalue weighted by Gasteiger charge is 2.31. The number of benzene rings is 2. The molecule has 5 heteroatoms. The Kier molecular flexibility index (Phi) is 4.15. The lowest BCUT2D eigenvalue weighted by atomic mass is 9.98.